The Labute approximate surface area is 133 Å². The van der Waals surface area contributed by atoms with Crippen molar-refractivity contribution in [1.29, 1.82) is 0 Å². The van der Waals surface area contributed by atoms with Crippen LogP contribution in [0.15, 0.2) is 22.7 Å². The highest BCUT2D eigenvalue weighted by Gasteiger charge is 2.25. The lowest BCUT2D eigenvalue weighted by Crippen LogP contribution is -2.38. The Bertz CT molecular complexity index is 439. The normalized spacial score (nSPS) is 11.4. The third kappa shape index (κ3) is 4.37. The lowest BCUT2D eigenvalue weighted by Gasteiger charge is -2.29. The summed E-state index contributed by atoms with van der Waals surface area (Å²) in [4.78, 5) is 12.1. The number of halogens is 3. The van der Waals surface area contributed by atoms with E-state index >= 15 is 0 Å². The molecule has 1 aromatic carbocycles. The number of alkyl halides is 1. The van der Waals surface area contributed by atoms with Gasteiger partial charge in [0.2, 0.25) is 0 Å². The second-order valence-electron chi connectivity index (χ2n) is 4.65. The summed E-state index contributed by atoms with van der Waals surface area (Å²) in [5.41, 5.74) is 0.563. The SMILES string of the molecule is CCC(CC)(CCl)CNC(=O)c1ccc(Cl)c(Br)c1. The fourth-order valence-corrected chi connectivity index (χ4v) is 2.71. The zero-order valence-electron chi connectivity index (χ0n) is 11.1. The van der Waals surface area contributed by atoms with Crippen LogP contribution in [0.3, 0.4) is 0 Å². The molecule has 0 atom stereocenters. The van der Waals surface area contributed by atoms with Gasteiger partial charge >= 0.3 is 0 Å². The topological polar surface area (TPSA) is 29.1 Å². The predicted octanol–water partition coefficient (Wildman–Crippen LogP) is 4.88. The molecule has 5 heteroatoms. The molecular formula is C14H18BrCl2NO. The number of nitrogens with one attached hydrogen (secondary N) is 1. The van der Waals surface area contributed by atoms with Crippen LogP contribution in [-0.4, -0.2) is 18.3 Å². The first kappa shape index (κ1) is 16.8. The summed E-state index contributed by atoms with van der Waals surface area (Å²) in [6, 6.07) is 5.13. The zero-order chi connectivity index (χ0) is 14.5. The van der Waals surface area contributed by atoms with Crippen molar-refractivity contribution in [2.45, 2.75) is 26.7 Å². The number of carbonyl (C=O) groups is 1. The Morgan fingerprint density at radius 1 is 1.37 bits per heavy atom. The van der Waals surface area contributed by atoms with Crippen LogP contribution in [0.25, 0.3) is 0 Å². The zero-order valence-corrected chi connectivity index (χ0v) is 14.2. The third-order valence-corrected chi connectivity index (χ3v) is 5.37. The van der Waals surface area contributed by atoms with Crippen LogP contribution < -0.4 is 5.32 Å². The van der Waals surface area contributed by atoms with Gasteiger partial charge in [0.25, 0.3) is 5.91 Å². The van der Waals surface area contributed by atoms with Gasteiger partial charge in [-0.05, 0) is 47.0 Å². The molecule has 0 unspecified atom stereocenters. The van der Waals surface area contributed by atoms with E-state index in [-0.39, 0.29) is 11.3 Å². The molecule has 0 spiro atoms. The summed E-state index contributed by atoms with van der Waals surface area (Å²) in [5.74, 6) is 0.443. The van der Waals surface area contributed by atoms with E-state index in [1.54, 1.807) is 18.2 Å². The van der Waals surface area contributed by atoms with Crippen molar-refractivity contribution in [3.05, 3.63) is 33.3 Å². The summed E-state index contributed by atoms with van der Waals surface area (Å²) in [7, 11) is 0. The van der Waals surface area contributed by atoms with Crippen molar-refractivity contribution >= 4 is 45.0 Å². The van der Waals surface area contributed by atoms with Crippen LogP contribution in [0.4, 0.5) is 0 Å². The van der Waals surface area contributed by atoms with Gasteiger partial charge in [0.05, 0.1) is 5.02 Å². The van der Waals surface area contributed by atoms with E-state index < -0.39 is 0 Å². The van der Waals surface area contributed by atoms with Crippen LogP contribution in [-0.2, 0) is 0 Å². The fourth-order valence-electron chi connectivity index (χ4n) is 1.74. The maximum atomic E-state index is 12.1. The molecule has 0 heterocycles. The first-order valence-corrected chi connectivity index (χ1v) is 7.97. The first-order chi connectivity index (χ1) is 8.98. The van der Waals surface area contributed by atoms with Crippen molar-refractivity contribution in [2.75, 3.05) is 12.4 Å². The van der Waals surface area contributed by atoms with Crippen LogP contribution in [0.5, 0.6) is 0 Å². The van der Waals surface area contributed by atoms with E-state index in [4.69, 9.17) is 23.2 Å². The molecular weight excluding hydrogens is 349 g/mol. The Balaban J connectivity index is 2.72. The van der Waals surface area contributed by atoms with E-state index in [0.717, 1.165) is 17.3 Å². The molecule has 0 aromatic heterocycles. The molecule has 1 rings (SSSR count). The number of hydrogen-bond acceptors (Lipinski definition) is 1. The minimum Gasteiger partial charge on any atom is -0.351 e. The van der Waals surface area contributed by atoms with Crippen molar-refractivity contribution in [1.82, 2.24) is 5.32 Å². The molecule has 1 amide bonds. The minimum absolute atomic E-state index is 0.0269. The molecule has 0 radical (unpaired) electrons. The van der Waals surface area contributed by atoms with Gasteiger partial charge in [-0.15, -0.1) is 11.6 Å². The van der Waals surface area contributed by atoms with Gasteiger partial charge < -0.3 is 5.32 Å². The number of carbonyl (C=O) groups excluding carboxylic acids is 1. The molecule has 2 nitrogen and oxygen atoms in total. The van der Waals surface area contributed by atoms with Crippen LogP contribution >= 0.6 is 39.1 Å². The van der Waals surface area contributed by atoms with Gasteiger partial charge in [-0.2, -0.15) is 0 Å². The lowest BCUT2D eigenvalue weighted by atomic mass is 9.84. The van der Waals surface area contributed by atoms with Gasteiger partial charge in [0.15, 0.2) is 0 Å². The summed E-state index contributed by atoms with van der Waals surface area (Å²) < 4.78 is 0.719. The average molecular weight is 367 g/mol. The van der Waals surface area contributed by atoms with Crippen molar-refractivity contribution in [3.8, 4) is 0 Å². The highest BCUT2D eigenvalue weighted by molar-refractivity contribution is 9.10. The van der Waals surface area contributed by atoms with E-state index in [2.05, 4.69) is 35.1 Å². The van der Waals surface area contributed by atoms with Gasteiger partial charge in [-0.1, -0.05) is 25.4 Å². The predicted molar refractivity (Wildman–Crippen MR) is 85.2 cm³/mol. The molecule has 19 heavy (non-hydrogen) atoms. The number of amides is 1. The molecule has 0 saturated heterocycles. The van der Waals surface area contributed by atoms with E-state index in [1.807, 2.05) is 0 Å². The van der Waals surface area contributed by atoms with Gasteiger partial charge in [0.1, 0.15) is 0 Å². The maximum absolute atomic E-state index is 12.1. The summed E-state index contributed by atoms with van der Waals surface area (Å²) in [5, 5.41) is 3.54. The second kappa shape index (κ2) is 7.51. The average Bonchev–Trinajstić information content (AvgIpc) is 2.43. The molecule has 0 aliphatic heterocycles. The van der Waals surface area contributed by atoms with E-state index in [1.165, 1.54) is 0 Å². The first-order valence-electron chi connectivity index (χ1n) is 6.27. The van der Waals surface area contributed by atoms with Crippen molar-refractivity contribution < 1.29 is 4.79 Å². The lowest BCUT2D eigenvalue weighted by molar-refractivity contribution is 0.0932. The quantitative estimate of drug-likeness (QED) is 0.714. The largest absolute Gasteiger partial charge is 0.351 e. The molecule has 106 valence electrons. The van der Waals surface area contributed by atoms with Crippen LogP contribution in [0.2, 0.25) is 5.02 Å². The second-order valence-corrected chi connectivity index (χ2v) is 6.18. The van der Waals surface area contributed by atoms with Crippen LogP contribution in [0.1, 0.15) is 37.0 Å². The Hall–Kier alpha value is -0.250. The minimum atomic E-state index is -0.103. The van der Waals surface area contributed by atoms with Gasteiger partial charge in [-0.25, -0.2) is 0 Å². The van der Waals surface area contributed by atoms with E-state index in [9.17, 15) is 4.79 Å². The Morgan fingerprint density at radius 3 is 2.47 bits per heavy atom. The number of rotatable bonds is 6. The van der Waals surface area contributed by atoms with Crippen molar-refractivity contribution in [3.63, 3.8) is 0 Å². The molecule has 0 bridgehead atoms. The summed E-state index contributed by atoms with van der Waals surface area (Å²) in [6.07, 6.45) is 1.88. The van der Waals surface area contributed by atoms with E-state index in [0.29, 0.717) is 23.0 Å². The monoisotopic (exact) mass is 365 g/mol. The molecule has 0 aliphatic rings. The Kier molecular flexibility index (Phi) is 6.64. The molecule has 0 fully saturated rings. The van der Waals surface area contributed by atoms with Gasteiger partial charge in [0, 0.05) is 27.9 Å². The summed E-state index contributed by atoms with van der Waals surface area (Å²) in [6.45, 7) is 4.77. The molecule has 0 saturated carbocycles. The van der Waals surface area contributed by atoms with Crippen molar-refractivity contribution in [2.24, 2.45) is 5.41 Å². The highest BCUT2D eigenvalue weighted by Crippen LogP contribution is 2.27. The summed E-state index contributed by atoms with van der Waals surface area (Å²) >= 11 is 15.2. The highest BCUT2D eigenvalue weighted by atomic mass is 79.9. The van der Waals surface area contributed by atoms with Gasteiger partial charge in [-0.3, -0.25) is 4.79 Å². The number of benzene rings is 1. The smallest absolute Gasteiger partial charge is 0.251 e. The third-order valence-electron chi connectivity index (χ3n) is 3.59. The van der Waals surface area contributed by atoms with Crippen LogP contribution in [0, 0.1) is 5.41 Å². The number of hydrogen-bond donors (Lipinski definition) is 1. The molecule has 0 aliphatic carbocycles. The fraction of sp³-hybridized carbons (Fsp3) is 0.500. The molecule has 1 N–H and O–H groups in total. The Morgan fingerprint density at radius 2 is 2.00 bits per heavy atom. The molecule has 1 aromatic rings. The standard InChI is InChI=1S/C14H18BrCl2NO/c1-3-14(4-2,8-16)9-18-13(19)10-5-6-12(17)11(15)7-10/h5-7H,3-4,8-9H2,1-2H3,(H,18,19). The maximum Gasteiger partial charge on any atom is 0.251 e.